The van der Waals surface area contributed by atoms with Crippen molar-refractivity contribution in [2.45, 2.75) is 18.2 Å². The van der Waals surface area contributed by atoms with Gasteiger partial charge in [0.15, 0.2) is 0 Å². The molecule has 0 bridgehead atoms. The summed E-state index contributed by atoms with van der Waals surface area (Å²) in [6, 6.07) is 7.24. The minimum Gasteiger partial charge on any atom is -0.316 e. The Kier molecular flexibility index (Phi) is 4.84. The molecule has 2 aliphatic heterocycles. The normalized spacial score (nSPS) is 24.5. The highest BCUT2D eigenvalue weighted by atomic mass is 35.5. The minimum atomic E-state index is -3.48. The van der Waals surface area contributed by atoms with Gasteiger partial charge in [-0.25, -0.2) is 8.42 Å². The summed E-state index contributed by atoms with van der Waals surface area (Å²) in [5.74, 6) is 1.06. The number of fused-ring (bicyclic) bond motifs is 2. The molecule has 1 N–H and O–H groups in total. The Balaban J connectivity index is 0.00000169. The van der Waals surface area contributed by atoms with Gasteiger partial charge in [0.2, 0.25) is 10.0 Å². The molecule has 2 atom stereocenters. The molecule has 0 spiro atoms. The first-order chi connectivity index (χ1) is 11.1. The van der Waals surface area contributed by atoms with Crippen LogP contribution in [0.15, 0.2) is 35.4 Å². The Labute approximate surface area is 148 Å². The molecule has 0 aliphatic carbocycles. The third-order valence-electron chi connectivity index (χ3n) is 5.22. The molecule has 0 saturated carbocycles. The van der Waals surface area contributed by atoms with E-state index in [1.165, 1.54) is 0 Å². The number of aryl methyl sites for hydroxylation is 1. The van der Waals surface area contributed by atoms with E-state index in [-0.39, 0.29) is 12.4 Å². The molecule has 3 heterocycles. The van der Waals surface area contributed by atoms with Gasteiger partial charge >= 0.3 is 0 Å². The molecule has 130 valence electrons. The number of benzene rings is 1. The van der Waals surface area contributed by atoms with Crippen molar-refractivity contribution in [2.75, 3.05) is 26.2 Å². The van der Waals surface area contributed by atoms with Gasteiger partial charge in [-0.2, -0.15) is 4.31 Å². The van der Waals surface area contributed by atoms with Gasteiger partial charge in [0.25, 0.3) is 0 Å². The Bertz CT molecular complexity index is 856. The Hall–Kier alpha value is -1.21. The first kappa shape index (κ1) is 17.6. The lowest BCUT2D eigenvalue weighted by molar-refractivity contribution is 0.228. The molecule has 7 heteroatoms. The summed E-state index contributed by atoms with van der Waals surface area (Å²) < 4.78 is 28.0. The van der Waals surface area contributed by atoms with Gasteiger partial charge in [0.1, 0.15) is 0 Å². The molecule has 1 aromatic carbocycles. The summed E-state index contributed by atoms with van der Waals surface area (Å²) in [7, 11) is -3.48. The van der Waals surface area contributed by atoms with Crippen LogP contribution in [0.5, 0.6) is 0 Å². The molecular formula is C17H22ClN3O2S. The average molecular weight is 368 g/mol. The van der Waals surface area contributed by atoms with Gasteiger partial charge < -0.3 is 5.32 Å². The van der Waals surface area contributed by atoms with Crippen molar-refractivity contribution in [3.8, 4) is 0 Å². The maximum absolute atomic E-state index is 13.2. The Morgan fingerprint density at radius 1 is 1.21 bits per heavy atom. The number of nitrogens with one attached hydrogen (secondary N) is 1. The van der Waals surface area contributed by atoms with Crippen LogP contribution in [0.1, 0.15) is 12.0 Å². The van der Waals surface area contributed by atoms with Crippen molar-refractivity contribution < 1.29 is 8.42 Å². The van der Waals surface area contributed by atoms with E-state index in [1.807, 2.05) is 19.1 Å². The van der Waals surface area contributed by atoms with Crippen LogP contribution in [0.4, 0.5) is 0 Å². The Morgan fingerprint density at radius 2 is 2.00 bits per heavy atom. The lowest BCUT2D eigenvalue weighted by atomic mass is 9.90. The van der Waals surface area contributed by atoms with E-state index >= 15 is 0 Å². The van der Waals surface area contributed by atoms with Gasteiger partial charge in [-0.1, -0.05) is 6.07 Å². The SMILES string of the molecule is Cc1ccc(S(=O)(=O)N2CCC3CNCC3C2)c2cccnc12.Cl. The number of piperidine rings is 1. The highest BCUT2D eigenvalue weighted by Gasteiger charge is 2.38. The maximum Gasteiger partial charge on any atom is 0.243 e. The summed E-state index contributed by atoms with van der Waals surface area (Å²) in [6.07, 6.45) is 2.65. The third-order valence-corrected chi connectivity index (χ3v) is 7.14. The average Bonchev–Trinajstić information content (AvgIpc) is 3.03. The van der Waals surface area contributed by atoms with Crippen LogP contribution in [0.25, 0.3) is 10.9 Å². The van der Waals surface area contributed by atoms with Gasteiger partial charge in [0, 0.05) is 24.7 Å². The van der Waals surface area contributed by atoms with E-state index in [1.54, 1.807) is 22.6 Å². The van der Waals surface area contributed by atoms with E-state index in [4.69, 9.17) is 0 Å². The zero-order valence-electron chi connectivity index (χ0n) is 13.6. The fourth-order valence-electron chi connectivity index (χ4n) is 3.87. The van der Waals surface area contributed by atoms with Gasteiger partial charge in [-0.3, -0.25) is 4.98 Å². The van der Waals surface area contributed by atoms with Crippen molar-refractivity contribution in [2.24, 2.45) is 11.8 Å². The molecular weight excluding hydrogens is 346 g/mol. The van der Waals surface area contributed by atoms with Crippen LogP contribution in [-0.4, -0.2) is 43.9 Å². The highest BCUT2D eigenvalue weighted by molar-refractivity contribution is 7.89. The second-order valence-electron chi connectivity index (χ2n) is 6.61. The predicted molar refractivity (Wildman–Crippen MR) is 97.0 cm³/mol. The number of halogens is 1. The first-order valence-corrected chi connectivity index (χ1v) is 9.56. The molecule has 1 aromatic heterocycles. The second kappa shape index (κ2) is 6.59. The quantitative estimate of drug-likeness (QED) is 0.883. The number of rotatable bonds is 2. The monoisotopic (exact) mass is 367 g/mol. The zero-order chi connectivity index (χ0) is 16.0. The lowest BCUT2D eigenvalue weighted by Crippen LogP contribution is -2.43. The van der Waals surface area contributed by atoms with Crippen LogP contribution in [0.2, 0.25) is 0 Å². The van der Waals surface area contributed by atoms with Crippen molar-refractivity contribution in [3.05, 3.63) is 36.0 Å². The highest BCUT2D eigenvalue weighted by Crippen LogP contribution is 2.32. The number of pyridine rings is 1. The second-order valence-corrected chi connectivity index (χ2v) is 8.52. The number of nitrogens with zero attached hydrogens (tertiary/aromatic N) is 2. The molecule has 2 saturated heterocycles. The topological polar surface area (TPSA) is 62.3 Å². The van der Waals surface area contributed by atoms with Gasteiger partial charge in [0.05, 0.1) is 10.4 Å². The van der Waals surface area contributed by atoms with E-state index < -0.39 is 10.0 Å². The summed E-state index contributed by atoms with van der Waals surface area (Å²) in [6.45, 7) is 5.14. The number of sulfonamides is 1. The maximum atomic E-state index is 13.2. The fraction of sp³-hybridized carbons (Fsp3) is 0.471. The van der Waals surface area contributed by atoms with Crippen molar-refractivity contribution >= 4 is 33.3 Å². The standard InChI is InChI=1S/C17H21N3O2S.ClH/c1-12-4-5-16(15-3-2-7-19-17(12)15)23(21,22)20-8-6-13-9-18-10-14(13)11-20;/h2-5,7,13-14,18H,6,8-11H2,1H3;1H. The predicted octanol–water partition coefficient (Wildman–Crippen LogP) is 2.20. The van der Waals surface area contributed by atoms with E-state index in [0.717, 1.165) is 36.0 Å². The summed E-state index contributed by atoms with van der Waals surface area (Å²) >= 11 is 0. The van der Waals surface area contributed by atoms with Gasteiger partial charge in [-0.15, -0.1) is 12.4 Å². The lowest BCUT2D eigenvalue weighted by Gasteiger charge is -2.33. The number of hydrogen-bond donors (Lipinski definition) is 1. The van der Waals surface area contributed by atoms with Crippen molar-refractivity contribution in [3.63, 3.8) is 0 Å². The minimum absolute atomic E-state index is 0. The van der Waals surface area contributed by atoms with Crippen LogP contribution >= 0.6 is 12.4 Å². The summed E-state index contributed by atoms with van der Waals surface area (Å²) in [5.41, 5.74) is 1.77. The molecule has 0 radical (unpaired) electrons. The van der Waals surface area contributed by atoms with Crippen molar-refractivity contribution in [1.82, 2.24) is 14.6 Å². The van der Waals surface area contributed by atoms with Crippen molar-refractivity contribution in [1.29, 1.82) is 0 Å². The molecule has 2 aliphatic rings. The van der Waals surface area contributed by atoms with Crippen LogP contribution in [0.3, 0.4) is 0 Å². The zero-order valence-corrected chi connectivity index (χ0v) is 15.2. The molecule has 24 heavy (non-hydrogen) atoms. The Morgan fingerprint density at radius 3 is 2.83 bits per heavy atom. The smallest absolute Gasteiger partial charge is 0.243 e. The molecule has 2 fully saturated rings. The molecule has 2 unspecified atom stereocenters. The molecule has 0 amide bonds. The fourth-order valence-corrected chi connectivity index (χ4v) is 5.57. The number of aromatic nitrogens is 1. The number of hydrogen-bond acceptors (Lipinski definition) is 4. The van der Waals surface area contributed by atoms with Crippen LogP contribution in [-0.2, 0) is 10.0 Å². The largest absolute Gasteiger partial charge is 0.316 e. The summed E-state index contributed by atoms with van der Waals surface area (Å²) in [5, 5.41) is 4.10. The molecule has 2 aromatic rings. The van der Waals surface area contributed by atoms with Gasteiger partial charge in [-0.05, 0) is 62.0 Å². The van der Waals surface area contributed by atoms with E-state index in [2.05, 4.69) is 10.3 Å². The van der Waals surface area contributed by atoms with Crippen LogP contribution in [0, 0.1) is 18.8 Å². The molecule has 4 rings (SSSR count). The molecule has 5 nitrogen and oxygen atoms in total. The van der Waals surface area contributed by atoms with Crippen LogP contribution < -0.4 is 5.32 Å². The van der Waals surface area contributed by atoms with E-state index in [9.17, 15) is 8.42 Å². The first-order valence-electron chi connectivity index (χ1n) is 8.12. The third kappa shape index (κ3) is 2.81. The van der Waals surface area contributed by atoms with E-state index in [0.29, 0.717) is 29.8 Å². The summed E-state index contributed by atoms with van der Waals surface area (Å²) in [4.78, 5) is 4.75.